The fraction of sp³-hybridized carbons (Fsp3) is 0.500. The molecule has 3 aliphatic carbocycles. The fourth-order valence-corrected chi connectivity index (χ4v) is 12.4. The highest BCUT2D eigenvalue weighted by molar-refractivity contribution is 7.90. The summed E-state index contributed by atoms with van der Waals surface area (Å²) in [6.45, 7) is 3.47. The molecule has 5 heterocycles. The molecule has 5 fully saturated rings. The summed E-state index contributed by atoms with van der Waals surface area (Å²) in [4.78, 5) is 42.2. The van der Waals surface area contributed by atoms with Crippen LogP contribution < -0.4 is 19.7 Å². The van der Waals surface area contributed by atoms with Crippen LogP contribution in [-0.2, 0) is 10.0 Å². The summed E-state index contributed by atoms with van der Waals surface area (Å²) in [6, 6.07) is 20.2. The van der Waals surface area contributed by atoms with E-state index < -0.39 is 31.6 Å². The van der Waals surface area contributed by atoms with E-state index in [9.17, 15) is 23.3 Å². The molecule has 2 saturated heterocycles. The van der Waals surface area contributed by atoms with Crippen LogP contribution in [0.3, 0.4) is 0 Å². The molecule has 1 amide bonds. The Morgan fingerprint density at radius 1 is 0.815 bits per heavy atom. The van der Waals surface area contributed by atoms with Crippen molar-refractivity contribution in [3.63, 3.8) is 0 Å². The maximum Gasteiger partial charge on any atom is 0.296 e. The second-order valence-electron chi connectivity index (χ2n) is 19.2. The molecule has 65 heavy (non-hydrogen) atoms. The van der Waals surface area contributed by atoms with Crippen molar-refractivity contribution in [2.75, 3.05) is 36.4 Å². The van der Waals surface area contributed by atoms with Crippen LogP contribution in [-0.4, -0.2) is 71.3 Å². The molecule has 3 aromatic heterocycles. The number of benzene rings is 2. The molecule has 2 aromatic carbocycles. The van der Waals surface area contributed by atoms with Crippen LogP contribution in [0.2, 0.25) is 0 Å². The zero-order chi connectivity index (χ0) is 44.5. The predicted molar refractivity (Wildman–Crippen MR) is 251 cm³/mol. The Kier molecular flexibility index (Phi) is 12.5. The Morgan fingerprint density at radius 2 is 1.58 bits per heavy atom. The molecule has 0 radical (unpaired) electrons. The van der Waals surface area contributed by atoms with E-state index in [1.165, 1.54) is 64.3 Å². The van der Waals surface area contributed by atoms with E-state index in [0.29, 0.717) is 41.9 Å². The van der Waals surface area contributed by atoms with E-state index in [1.54, 1.807) is 41.7 Å². The van der Waals surface area contributed by atoms with Crippen LogP contribution in [0.5, 0.6) is 11.5 Å². The predicted octanol–water partition coefficient (Wildman–Crippen LogP) is 10.3. The van der Waals surface area contributed by atoms with E-state index in [4.69, 9.17) is 4.74 Å². The zero-order valence-corrected chi connectivity index (χ0v) is 37.8. The van der Waals surface area contributed by atoms with Gasteiger partial charge >= 0.3 is 0 Å². The van der Waals surface area contributed by atoms with Crippen molar-refractivity contribution in [3.05, 3.63) is 106 Å². The van der Waals surface area contributed by atoms with Crippen molar-refractivity contribution in [1.82, 2.24) is 24.6 Å². The molecule has 5 aliphatic rings. The topological polar surface area (TPSA) is 176 Å². The average molecular weight is 901 g/mol. The number of nitro groups is 1. The number of hydrogen-bond acceptors (Lipinski definition) is 11. The SMILES string of the molecule is O=C(NS(=O)(=O)c1cc([N+](=O)[O-])c(NCC2CCCCC2)cn1)c1ccc(N2CCC(C3CCC(N4CCCC4c4ccccc4C4CC4)CC3)CC2)cc1Oc1cnc2[nH]ccc2c1. The summed E-state index contributed by atoms with van der Waals surface area (Å²) in [5.41, 5.74) is 4.44. The number of rotatable bonds is 14. The van der Waals surface area contributed by atoms with Gasteiger partial charge in [0.2, 0.25) is 0 Å². The summed E-state index contributed by atoms with van der Waals surface area (Å²) >= 11 is 0. The molecule has 3 N–H and O–H groups in total. The number of nitrogens with one attached hydrogen (secondary N) is 3. The lowest BCUT2D eigenvalue weighted by molar-refractivity contribution is -0.384. The van der Waals surface area contributed by atoms with Gasteiger partial charge in [0, 0.05) is 55.1 Å². The van der Waals surface area contributed by atoms with Crippen molar-refractivity contribution >= 4 is 44.0 Å². The highest BCUT2D eigenvalue weighted by atomic mass is 32.2. The fourth-order valence-electron chi connectivity index (χ4n) is 11.5. The van der Waals surface area contributed by atoms with E-state index in [-0.39, 0.29) is 17.0 Å². The minimum absolute atomic E-state index is 0.0188. The molecule has 15 heteroatoms. The molecule has 342 valence electrons. The number of amides is 1. The number of pyridine rings is 2. The van der Waals surface area contributed by atoms with Crippen LogP contribution in [0.25, 0.3) is 11.0 Å². The minimum atomic E-state index is -4.63. The van der Waals surface area contributed by atoms with Gasteiger partial charge in [0.1, 0.15) is 22.8 Å². The molecule has 0 bridgehead atoms. The van der Waals surface area contributed by atoms with Crippen molar-refractivity contribution in [2.24, 2.45) is 17.8 Å². The summed E-state index contributed by atoms with van der Waals surface area (Å²) in [5.74, 6) is 2.12. The Morgan fingerprint density at radius 3 is 2.35 bits per heavy atom. The van der Waals surface area contributed by atoms with Gasteiger partial charge in [0.15, 0.2) is 5.03 Å². The molecule has 1 unspecified atom stereocenters. The Labute approximate surface area is 381 Å². The normalized spacial score (nSPS) is 22.5. The number of aromatic nitrogens is 3. The Bertz CT molecular complexity index is 2630. The van der Waals surface area contributed by atoms with Gasteiger partial charge in [-0.2, -0.15) is 8.42 Å². The average Bonchev–Trinajstić information content (AvgIpc) is 3.87. The first-order valence-corrected chi connectivity index (χ1v) is 25.4. The number of H-pyrrole nitrogens is 1. The first-order chi connectivity index (χ1) is 31.7. The molecule has 10 rings (SSSR count). The lowest BCUT2D eigenvalue weighted by atomic mass is 9.74. The maximum absolute atomic E-state index is 13.9. The van der Waals surface area contributed by atoms with Crippen molar-refractivity contribution in [1.29, 1.82) is 0 Å². The van der Waals surface area contributed by atoms with Crippen LogP contribution >= 0.6 is 0 Å². The summed E-state index contributed by atoms with van der Waals surface area (Å²) in [6.07, 6.45) is 22.5. The third-order valence-electron chi connectivity index (χ3n) is 15.1. The first-order valence-electron chi connectivity index (χ1n) is 24.0. The zero-order valence-electron chi connectivity index (χ0n) is 37.0. The lowest BCUT2D eigenvalue weighted by Crippen LogP contribution is -2.41. The van der Waals surface area contributed by atoms with Gasteiger partial charge in [0.05, 0.1) is 28.9 Å². The molecular formula is C50H60N8O6S. The van der Waals surface area contributed by atoms with Gasteiger partial charge in [-0.05, 0) is 143 Å². The molecule has 0 spiro atoms. The number of nitrogens with zero attached hydrogens (tertiary/aromatic N) is 5. The number of piperidine rings is 1. The largest absolute Gasteiger partial charge is 0.455 e. The molecular weight excluding hydrogens is 841 g/mol. The highest BCUT2D eigenvalue weighted by Crippen LogP contribution is 2.48. The third-order valence-corrected chi connectivity index (χ3v) is 16.4. The highest BCUT2D eigenvalue weighted by Gasteiger charge is 2.39. The number of carbonyl (C=O) groups is 1. The summed E-state index contributed by atoms with van der Waals surface area (Å²) in [7, 11) is -4.63. The summed E-state index contributed by atoms with van der Waals surface area (Å²) < 4.78 is 35.8. The minimum Gasteiger partial charge on any atom is -0.455 e. The number of anilines is 2. The standard InChI is InChI=1S/C50H60N8O6S/c59-50(55-65(62,63)48-29-46(58(60)61)44(32-53-48)52-30-33-7-2-1-3-8-33)43-19-18-39(28-47(43)64-40-27-37-20-23-51-49(37)54-31-40)56-25-21-35(22-26-56)34-14-16-38(17-15-34)57-24-6-11-45(57)42-10-5-4-9-41(42)36-12-13-36/h4-5,9-10,18-20,23,27-29,31-36,38,45,52H,1-3,6-8,11-17,21-22,24-26,30H2,(H,51,54)(H,55,59). The van der Waals surface area contributed by atoms with E-state index in [1.807, 2.05) is 12.1 Å². The van der Waals surface area contributed by atoms with Gasteiger partial charge in [0.25, 0.3) is 21.6 Å². The number of ether oxygens (including phenoxy) is 1. The van der Waals surface area contributed by atoms with E-state index in [2.05, 4.69) is 59.1 Å². The molecule has 5 aromatic rings. The van der Waals surface area contributed by atoms with Crippen molar-refractivity contribution in [3.8, 4) is 11.5 Å². The van der Waals surface area contributed by atoms with E-state index >= 15 is 0 Å². The third kappa shape index (κ3) is 9.58. The smallest absolute Gasteiger partial charge is 0.296 e. The van der Waals surface area contributed by atoms with Crippen LogP contribution in [0.1, 0.15) is 130 Å². The Balaban J connectivity index is 0.809. The van der Waals surface area contributed by atoms with Crippen LogP contribution in [0.4, 0.5) is 17.1 Å². The van der Waals surface area contributed by atoms with Crippen molar-refractivity contribution in [2.45, 2.75) is 119 Å². The molecule has 2 aliphatic heterocycles. The monoisotopic (exact) mass is 900 g/mol. The quantitative estimate of drug-likeness (QED) is 0.0714. The molecule has 14 nitrogen and oxygen atoms in total. The second kappa shape index (κ2) is 18.7. The van der Waals surface area contributed by atoms with Gasteiger partial charge in [-0.25, -0.2) is 14.7 Å². The summed E-state index contributed by atoms with van der Waals surface area (Å²) in [5, 5.41) is 15.4. The molecule has 1 atom stereocenters. The number of carbonyl (C=O) groups excluding carboxylic acids is 1. The number of sulfonamides is 1. The number of fused-ring (bicyclic) bond motifs is 1. The maximum atomic E-state index is 13.9. The second-order valence-corrected chi connectivity index (χ2v) is 20.8. The number of likely N-dealkylation sites (tertiary alicyclic amines) is 1. The van der Waals surface area contributed by atoms with E-state index in [0.717, 1.165) is 86.8 Å². The first kappa shape index (κ1) is 43.4. The van der Waals surface area contributed by atoms with Gasteiger partial charge < -0.3 is 19.9 Å². The van der Waals surface area contributed by atoms with Gasteiger partial charge in [-0.3, -0.25) is 19.8 Å². The molecule has 3 saturated carbocycles. The Hall–Kier alpha value is -5.54. The van der Waals surface area contributed by atoms with Crippen LogP contribution in [0, 0.1) is 27.9 Å². The van der Waals surface area contributed by atoms with Gasteiger partial charge in [-0.15, -0.1) is 0 Å². The number of hydrogen-bond donors (Lipinski definition) is 3. The van der Waals surface area contributed by atoms with Crippen LogP contribution in [0.15, 0.2) is 84.3 Å². The number of aromatic amines is 1. The lowest BCUT2D eigenvalue weighted by Gasteiger charge is -2.43. The van der Waals surface area contributed by atoms with Crippen molar-refractivity contribution < 1.29 is 22.9 Å². The van der Waals surface area contributed by atoms with Gasteiger partial charge in [-0.1, -0.05) is 43.5 Å².